The second-order valence-electron chi connectivity index (χ2n) is 13.2. The second kappa shape index (κ2) is 28.2. The van der Waals surface area contributed by atoms with E-state index in [9.17, 15) is 19.4 Å². The van der Waals surface area contributed by atoms with Crippen LogP contribution < -0.4 is 5.32 Å². The number of likely N-dealkylation sites (N-methyl/N-ethyl adjacent to an activating group) is 1. The number of nitrogens with one attached hydrogen (secondary N) is 1. The van der Waals surface area contributed by atoms with Crippen molar-refractivity contribution in [1.29, 1.82) is 0 Å². The van der Waals surface area contributed by atoms with Crippen molar-refractivity contribution >= 4 is 13.7 Å². The van der Waals surface area contributed by atoms with Crippen molar-refractivity contribution in [1.82, 2.24) is 5.32 Å². The number of unbranched alkanes of at least 4 members (excludes halogenated alkanes) is 16. The average molecular weight is 646 g/mol. The number of aliphatic hydroxyl groups excluding tert-OH is 1. The highest BCUT2D eigenvalue weighted by atomic mass is 31.2. The van der Waals surface area contributed by atoms with Crippen LogP contribution in [0.5, 0.6) is 0 Å². The number of phosphoric ester groups is 1. The van der Waals surface area contributed by atoms with Crippen molar-refractivity contribution < 1.29 is 32.9 Å². The summed E-state index contributed by atoms with van der Waals surface area (Å²) in [6.07, 6.45) is 29.9. The molecule has 0 saturated heterocycles. The molecule has 0 aromatic heterocycles. The Hall–Kier alpha value is -1.02. The van der Waals surface area contributed by atoms with Crippen LogP contribution in [0.4, 0.5) is 0 Å². The lowest BCUT2D eigenvalue weighted by Crippen LogP contribution is -2.45. The van der Waals surface area contributed by atoms with Gasteiger partial charge in [-0.3, -0.25) is 13.8 Å². The van der Waals surface area contributed by atoms with Crippen LogP contribution in [0.1, 0.15) is 142 Å². The molecule has 44 heavy (non-hydrogen) atoms. The Morgan fingerprint density at radius 1 is 0.750 bits per heavy atom. The highest BCUT2D eigenvalue weighted by molar-refractivity contribution is 7.47. The first kappa shape index (κ1) is 43.0. The lowest BCUT2D eigenvalue weighted by Gasteiger charge is -2.25. The Bertz CT molecular complexity index is 784. The molecule has 0 aromatic rings. The lowest BCUT2D eigenvalue weighted by molar-refractivity contribution is -0.870. The van der Waals surface area contributed by atoms with E-state index in [2.05, 4.69) is 31.3 Å². The molecule has 1 amide bonds. The summed E-state index contributed by atoms with van der Waals surface area (Å²) in [6.45, 7) is 4.67. The summed E-state index contributed by atoms with van der Waals surface area (Å²) >= 11 is 0. The molecular weight excluding hydrogens is 575 g/mol. The third-order valence-corrected chi connectivity index (χ3v) is 8.65. The Morgan fingerprint density at radius 2 is 1.23 bits per heavy atom. The first-order chi connectivity index (χ1) is 21.0. The topological polar surface area (TPSA) is 105 Å². The maximum atomic E-state index is 12.7. The average Bonchev–Trinajstić information content (AvgIpc) is 2.95. The number of hydrogen-bond acceptors (Lipinski definition) is 5. The van der Waals surface area contributed by atoms with Crippen molar-refractivity contribution in [2.45, 2.75) is 154 Å². The zero-order valence-corrected chi connectivity index (χ0v) is 30.0. The van der Waals surface area contributed by atoms with Gasteiger partial charge in [-0.2, -0.15) is 0 Å². The molecule has 0 aliphatic carbocycles. The molecule has 0 aliphatic rings. The molecule has 260 valence electrons. The summed E-state index contributed by atoms with van der Waals surface area (Å²) in [5.74, 6) is -0.191. The standard InChI is InChI=1S/C35H69N2O6P/c1-6-8-10-12-13-14-15-16-17-18-19-20-21-22-23-25-27-29-35(39)36-33(34(38)28-26-24-11-9-7-2)32-43-44(40,41)42-31-30-37(3,4)5/h16-17,26,28,33-34,38H,6-15,18-25,27,29-32H2,1-5H3,(H-,36,39,40,41)/p+1/b17-16-,28-26+. The van der Waals surface area contributed by atoms with Crippen LogP contribution >= 0.6 is 7.82 Å². The van der Waals surface area contributed by atoms with Crippen molar-refractivity contribution in [2.75, 3.05) is 40.9 Å². The molecule has 0 spiro atoms. The normalized spacial score (nSPS) is 15.2. The Morgan fingerprint density at radius 3 is 1.80 bits per heavy atom. The summed E-state index contributed by atoms with van der Waals surface area (Å²) < 4.78 is 23.2. The van der Waals surface area contributed by atoms with Crippen LogP contribution in [0, 0.1) is 0 Å². The summed E-state index contributed by atoms with van der Waals surface area (Å²) in [7, 11) is 1.56. The van der Waals surface area contributed by atoms with Gasteiger partial charge in [-0.05, 0) is 44.9 Å². The third-order valence-electron chi connectivity index (χ3n) is 7.67. The molecule has 0 aliphatic heterocycles. The summed E-state index contributed by atoms with van der Waals surface area (Å²) in [5, 5.41) is 13.5. The molecular formula is C35H70N2O6P+. The van der Waals surface area contributed by atoms with Gasteiger partial charge in [-0.25, -0.2) is 4.57 Å². The monoisotopic (exact) mass is 645 g/mol. The van der Waals surface area contributed by atoms with Gasteiger partial charge < -0.3 is 19.8 Å². The van der Waals surface area contributed by atoms with Crippen LogP contribution in [0.15, 0.2) is 24.3 Å². The van der Waals surface area contributed by atoms with Crippen molar-refractivity contribution in [3.05, 3.63) is 24.3 Å². The minimum absolute atomic E-state index is 0.0601. The molecule has 3 atom stereocenters. The van der Waals surface area contributed by atoms with Crippen LogP contribution in [-0.2, 0) is 18.4 Å². The number of nitrogens with zero attached hydrogens (tertiary/aromatic N) is 1. The Labute approximate surface area is 271 Å². The number of carbonyl (C=O) groups excluding carboxylic acids is 1. The highest BCUT2D eigenvalue weighted by Gasteiger charge is 2.27. The molecule has 3 unspecified atom stereocenters. The molecule has 0 fully saturated rings. The number of aliphatic hydroxyl groups is 1. The molecule has 0 aromatic carbocycles. The highest BCUT2D eigenvalue weighted by Crippen LogP contribution is 2.43. The smallest absolute Gasteiger partial charge is 0.387 e. The number of allylic oxidation sites excluding steroid dienone is 3. The maximum Gasteiger partial charge on any atom is 0.472 e. The van der Waals surface area contributed by atoms with Crippen molar-refractivity contribution in [3.8, 4) is 0 Å². The number of phosphoric acid groups is 1. The first-order valence-corrected chi connectivity index (χ1v) is 19.2. The molecule has 0 saturated carbocycles. The van der Waals surface area contributed by atoms with Crippen LogP contribution in [0.25, 0.3) is 0 Å². The number of quaternary nitrogens is 1. The fraction of sp³-hybridized carbons (Fsp3) is 0.857. The molecule has 8 nitrogen and oxygen atoms in total. The van der Waals surface area contributed by atoms with E-state index in [1.54, 1.807) is 6.08 Å². The minimum atomic E-state index is -4.31. The van der Waals surface area contributed by atoms with E-state index in [0.29, 0.717) is 17.4 Å². The lowest BCUT2D eigenvalue weighted by atomic mass is 10.1. The van der Waals surface area contributed by atoms with Gasteiger partial charge in [-0.15, -0.1) is 0 Å². The van der Waals surface area contributed by atoms with Gasteiger partial charge in [0.05, 0.1) is 39.9 Å². The van der Waals surface area contributed by atoms with Gasteiger partial charge in [-0.1, -0.05) is 115 Å². The number of hydrogen-bond donors (Lipinski definition) is 3. The van der Waals surface area contributed by atoms with E-state index in [1.165, 1.54) is 77.0 Å². The quantitative estimate of drug-likeness (QED) is 0.0302. The zero-order valence-electron chi connectivity index (χ0n) is 29.1. The number of rotatable bonds is 31. The SMILES string of the molecule is CCCCC/C=C/C(O)C(COP(=O)(O)OCC[N+](C)(C)C)NC(=O)CCCCCCCCC/C=C\CCCCCCCC. The summed E-state index contributed by atoms with van der Waals surface area (Å²) in [4.78, 5) is 22.8. The predicted molar refractivity (Wildman–Crippen MR) is 185 cm³/mol. The van der Waals surface area contributed by atoms with E-state index in [1.807, 2.05) is 27.2 Å². The second-order valence-corrected chi connectivity index (χ2v) is 14.7. The molecule has 3 N–H and O–H groups in total. The first-order valence-electron chi connectivity index (χ1n) is 17.7. The van der Waals surface area contributed by atoms with E-state index < -0.39 is 20.0 Å². The van der Waals surface area contributed by atoms with Gasteiger partial charge in [0.25, 0.3) is 0 Å². The van der Waals surface area contributed by atoms with E-state index in [4.69, 9.17) is 9.05 Å². The zero-order chi connectivity index (χ0) is 32.9. The fourth-order valence-corrected chi connectivity index (χ4v) is 5.47. The van der Waals surface area contributed by atoms with Crippen LogP contribution in [0.3, 0.4) is 0 Å². The Kier molecular flexibility index (Phi) is 27.6. The third kappa shape index (κ3) is 29.7. The van der Waals surface area contributed by atoms with Crippen molar-refractivity contribution in [2.24, 2.45) is 0 Å². The molecule has 0 radical (unpaired) electrons. The van der Waals surface area contributed by atoms with E-state index in [-0.39, 0.29) is 19.1 Å². The van der Waals surface area contributed by atoms with E-state index in [0.717, 1.165) is 44.9 Å². The minimum Gasteiger partial charge on any atom is -0.387 e. The van der Waals surface area contributed by atoms with Gasteiger partial charge in [0.1, 0.15) is 13.2 Å². The van der Waals surface area contributed by atoms with Gasteiger partial charge >= 0.3 is 7.82 Å². The van der Waals surface area contributed by atoms with Crippen molar-refractivity contribution in [3.63, 3.8) is 0 Å². The van der Waals surface area contributed by atoms with Crippen LogP contribution in [0.2, 0.25) is 0 Å². The van der Waals surface area contributed by atoms with Gasteiger partial charge in [0.2, 0.25) is 5.91 Å². The molecule has 0 heterocycles. The molecule has 0 bridgehead atoms. The summed E-state index contributed by atoms with van der Waals surface area (Å²) in [5.41, 5.74) is 0. The largest absolute Gasteiger partial charge is 0.472 e. The number of carbonyl (C=O) groups is 1. The fourth-order valence-electron chi connectivity index (χ4n) is 4.74. The molecule has 0 rings (SSSR count). The Balaban J connectivity index is 4.30. The predicted octanol–water partition coefficient (Wildman–Crippen LogP) is 8.63. The maximum absolute atomic E-state index is 12.7. The molecule has 9 heteroatoms. The van der Waals surface area contributed by atoms with E-state index >= 15 is 0 Å². The van der Waals surface area contributed by atoms with Gasteiger partial charge in [0, 0.05) is 6.42 Å². The number of amides is 1. The van der Waals surface area contributed by atoms with Crippen LogP contribution in [-0.4, -0.2) is 73.4 Å². The summed E-state index contributed by atoms with van der Waals surface area (Å²) in [6, 6.07) is -0.841. The van der Waals surface area contributed by atoms with Gasteiger partial charge in [0.15, 0.2) is 0 Å².